The number of halogens is 1. The van der Waals surface area contributed by atoms with E-state index in [1.165, 1.54) is 28.0 Å². The summed E-state index contributed by atoms with van der Waals surface area (Å²) < 4.78 is 0.379. The zero-order valence-corrected chi connectivity index (χ0v) is 15.4. The highest BCUT2D eigenvalue weighted by molar-refractivity contribution is 8.26. The molecule has 0 saturated carbocycles. The van der Waals surface area contributed by atoms with Crippen LogP contribution in [0.4, 0.5) is 5.69 Å². The van der Waals surface area contributed by atoms with E-state index in [0.29, 0.717) is 19.9 Å². The normalized spacial score (nSPS) is 16.0. The van der Waals surface area contributed by atoms with Gasteiger partial charge in [0.2, 0.25) is 5.91 Å². The molecule has 0 unspecified atom stereocenters. The quantitative estimate of drug-likeness (QED) is 0.622. The van der Waals surface area contributed by atoms with Crippen LogP contribution >= 0.6 is 46.9 Å². The largest absolute Gasteiger partial charge is 0.324 e. The minimum atomic E-state index is -0.328. The summed E-state index contributed by atoms with van der Waals surface area (Å²) in [5, 5.41) is 5.17. The maximum atomic E-state index is 12.4. The van der Waals surface area contributed by atoms with Gasteiger partial charge in [-0.3, -0.25) is 14.5 Å². The van der Waals surface area contributed by atoms with Crippen LogP contribution in [0.2, 0.25) is 5.02 Å². The van der Waals surface area contributed by atoms with Crippen molar-refractivity contribution in [2.45, 2.75) is 0 Å². The Morgan fingerprint density at radius 1 is 1.33 bits per heavy atom. The summed E-state index contributed by atoms with van der Waals surface area (Å²) in [6.07, 6.45) is 1.79. The summed E-state index contributed by atoms with van der Waals surface area (Å²) in [6, 6.07) is 10.7. The van der Waals surface area contributed by atoms with Gasteiger partial charge in [-0.2, -0.15) is 0 Å². The van der Waals surface area contributed by atoms with Gasteiger partial charge in [0.1, 0.15) is 10.9 Å². The van der Waals surface area contributed by atoms with Gasteiger partial charge in [0.25, 0.3) is 5.91 Å². The van der Waals surface area contributed by atoms with Crippen molar-refractivity contribution in [2.24, 2.45) is 0 Å². The Bertz CT molecular complexity index is 834. The molecular weight excluding hydrogens is 384 g/mol. The first kappa shape index (κ1) is 17.2. The molecule has 1 saturated heterocycles. The highest BCUT2D eigenvalue weighted by Gasteiger charge is 2.33. The van der Waals surface area contributed by atoms with Crippen molar-refractivity contribution in [3.05, 3.63) is 56.6 Å². The highest BCUT2D eigenvalue weighted by atomic mass is 35.5. The number of carbonyl (C=O) groups excluding carboxylic acids is 2. The summed E-state index contributed by atoms with van der Waals surface area (Å²) >= 11 is 13.8. The van der Waals surface area contributed by atoms with Crippen LogP contribution in [0.5, 0.6) is 0 Å². The Labute approximate surface area is 157 Å². The number of hydrogen-bond donors (Lipinski definition) is 1. The lowest BCUT2D eigenvalue weighted by Crippen LogP contribution is -2.36. The lowest BCUT2D eigenvalue weighted by molar-refractivity contribution is -0.126. The number of thioether (sulfide) groups is 1. The van der Waals surface area contributed by atoms with Crippen LogP contribution in [0.25, 0.3) is 6.08 Å². The molecule has 0 spiro atoms. The fraction of sp³-hybridized carbons (Fsp3) is 0.0625. The molecule has 1 aromatic heterocycles. The number of thiocarbonyl (C=S) groups is 1. The molecule has 2 heterocycles. The summed E-state index contributed by atoms with van der Waals surface area (Å²) in [6.45, 7) is -0.126. The first-order chi connectivity index (χ1) is 11.5. The van der Waals surface area contributed by atoms with E-state index in [4.69, 9.17) is 23.8 Å². The van der Waals surface area contributed by atoms with Crippen molar-refractivity contribution in [1.29, 1.82) is 0 Å². The van der Waals surface area contributed by atoms with Crippen molar-refractivity contribution in [1.82, 2.24) is 4.90 Å². The van der Waals surface area contributed by atoms with Crippen molar-refractivity contribution < 1.29 is 9.59 Å². The van der Waals surface area contributed by atoms with Gasteiger partial charge in [-0.05, 0) is 35.7 Å². The molecule has 1 aliphatic rings. The third kappa shape index (κ3) is 4.05. The van der Waals surface area contributed by atoms with E-state index in [-0.39, 0.29) is 18.4 Å². The molecule has 1 aromatic carbocycles. The number of hydrogen-bond acceptors (Lipinski definition) is 5. The van der Waals surface area contributed by atoms with E-state index in [1.807, 2.05) is 17.5 Å². The topological polar surface area (TPSA) is 49.4 Å². The monoisotopic (exact) mass is 394 g/mol. The Morgan fingerprint density at radius 2 is 2.17 bits per heavy atom. The van der Waals surface area contributed by atoms with Gasteiger partial charge in [0, 0.05) is 15.6 Å². The minimum Gasteiger partial charge on any atom is -0.324 e. The highest BCUT2D eigenvalue weighted by Crippen LogP contribution is 2.33. The lowest BCUT2D eigenvalue weighted by atomic mass is 10.3. The Balaban J connectivity index is 1.67. The number of anilines is 1. The first-order valence-corrected chi connectivity index (χ1v) is 9.35. The van der Waals surface area contributed by atoms with Crippen molar-refractivity contribution >= 4 is 74.8 Å². The molecule has 122 valence electrons. The molecule has 0 atom stereocenters. The Hall–Kier alpha value is -1.67. The van der Waals surface area contributed by atoms with Crippen molar-refractivity contribution in [3.8, 4) is 0 Å². The second kappa shape index (κ2) is 7.48. The zero-order chi connectivity index (χ0) is 17.1. The van der Waals surface area contributed by atoms with Crippen LogP contribution in [-0.2, 0) is 9.59 Å². The molecule has 3 rings (SSSR count). The maximum Gasteiger partial charge on any atom is 0.266 e. The maximum absolute atomic E-state index is 12.4. The van der Waals surface area contributed by atoms with Crippen LogP contribution in [0.15, 0.2) is 46.7 Å². The van der Waals surface area contributed by atoms with Gasteiger partial charge in [-0.15, -0.1) is 11.3 Å². The van der Waals surface area contributed by atoms with E-state index >= 15 is 0 Å². The van der Waals surface area contributed by atoms with E-state index < -0.39 is 0 Å². The number of rotatable bonds is 4. The Kier molecular flexibility index (Phi) is 5.35. The molecule has 2 amide bonds. The lowest BCUT2D eigenvalue weighted by Gasteiger charge is -2.14. The van der Waals surface area contributed by atoms with Crippen LogP contribution in [-0.4, -0.2) is 27.6 Å². The molecule has 2 aromatic rings. The smallest absolute Gasteiger partial charge is 0.266 e. The molecule has 8 heteroatoms. The number of thiophene rings is 1. The summed E-state index contributed by atoms with van der Waals surface area (Å²) in [7, 11) is 0. The fourth-order valence-corrected chi connectivity index (χ4v) is 4.22. The van der Waals surface area contributed by atoms with Crippen molar-refractivity contribution in [3.63, 3.8) is 0 Å². The average Bonchev–Trinajstić information content (AvgIpc) is 3.12. The van der Waals surface area contributed by atoms with Gasteiger partial charge in [-0.1, -0.05) is 47.7 Å². The number of benzene rings is 1. The average molecular weight is 395 g/mol. The van der Waals surface area contributed by atoms with E-state index in [0.717, 1.165) is 4.88 Å². The third-order valence-corrected chi connectivity index (χ3v) is 5.53. The SMILES string of the molecule is O=C(CN1C(=O)C(=Cc2cccs2)SC1=S)Nc1cccc(Cl)c1. The number of amides is 2. The molecule has 24 heavy (non-hydrogen) atoms. The summed E-state index contributed by atoms with van der Waals surface area (Å²) in [5.41, 5.74) is 0.576. The van der Waals surface area contributed by atoms with E-state index in [9.17, 15) is 9.59 Å². The zero-order valence-electron chi connectivity index (χ0n) is 12.2. The number of nitrogens with zero attached hydrogens (tertiary/aromatic N) is 1. The second-order valence-corrected chi connectivity index (χ2v) is 7.93. The molecular formula is C16H11ClN2O2S3. The van der Waals surface area contributed by atoms with Crippen LogP contribution in [0.3, 0.4) is 0 Å². The van der Waals surface area contributed by atoms with Gasteiger partial charge >= 0.3 is 0 Å². The van der Waals surface area contributed by atoms with E-state index in [1.54, 1.807) is 30.3 Å². The number of carbonyl (C=O) groups is 2. The third-order valence-electron chi connectivity index (χ3n) is 3.10. The molecule has 1 fully saturated rings. The first-order valence-electron chi connectivity index (χ1n) is 6.87. The van der Waals surface area contributed by atoms with Gasteiger partial charge in [0.15, 0.2) is 0 Å². The molecule has 0 radical (unpaired) electrons. The fourth-order valence-electron chi connectivity index (χ4n) is 2.05. The van der Waals surface area contributed by atoms with E-state index in [2.05, 4.69) is 5.32 Å². The van der Waals surface area contributed by atoms with Crippen LogP contribution in [0, 0.1) is 0 Å². The second-order valence-electron chi connectivity index (χ2n) is 4.84. The summed E-state index contributed by atoms with van der Waals surface area (Å²) in [4.78, 5) is 27.4. The van der Waals surface area contributed by atoms with Gasteiger partial charge in [-0.25, -0.2) is 0 Å². The predicted octanol–water partition coefficient (Wildman–Crippen LogP) is 4.24. The van der Waals surface area contributed by atoms with Crippen LogP contribution < -0.4 is 5.32 Å². The molecule has 1 N–H and O–H groups in total. The Morgan fingerprint density at radius 3 is 2.88 bits per heavy atom. The van der Waals surface area contributed by atoms with Crippen molar-refractivity contribution in [2.75, 3.05) is 11.9 Å². The predicted molar refractivity (Wildman–Crippen MR) is 104 cm³/mol. The molecule has 1 aliphatic heterocycles. The number of nitrogens with one attached hydrogen (secondary N) is 1. The van der Waals surface area contributed by atoms with Gasteiger partial charge in [0.05, 0.1) is 4.91 Å². The summed E-state index contributed by atoms with van der Waals surface area (Å²) in [5.74, 6) is -0.578. The molecule has 4 nitrogen and oxygen atoms in total. The minimum absolute atomic E-state index is 0.126. The standard InChI is InChI=1S/C16H11ClN2O2S3/c17-10-3-1-4-11(7-10)18-14(20)9-19-15(21)13(24-16(19)22)8-12-5-2-6-23-12/h1-8H,9H2,(H,18,20). The van der Waals surface area contributed by atoms with Crippen LogP contribution in [0.1, 0.15) is 4.88 Å². The molecule has 0 bridgehead atoms. The molecule has 0 aliphatic carbocycles. The van der Waals surface area contributed by atoms with Gasteiger partial charge < -0.3 is 5.32 Å².